The zero-order valence-electron chi connectivity index (χ0n) is 21.1. The number of carbonyl (C=O) groups is 1. The Labute approximate surface area is 223 Å². The smallest absolute Gasteiger partial charge is 0.309 e. The van der Waals surface area contributed by atoms with E-state index in [0.29, 0.717) is 27.7 Å². The molecule has 190 valence electrons. The molecule has 9 heteroatoms. The van der Waals surface area contributed by atoms with Crippen molar-refractivity contribution in [2.45, 2.75) is 19.8 Å². The van der Waals surface area contributed by atoms with Gasteiger partial charge in [-0.2, -0.15) is 5.26 Å². The van der Waals surface area contributed by atoms with Gasteiger partial charge in [0.25, 0.3) is 0 Å². The maximum absolute atomic E-state index is 13.5. The summed E-state index contributed by atoms with van der Waals surface area (Å²) in [5, 5.41) is 10.4. The molecule has 0 amide bonds. The maximum Gasteiger partial charge on any atom is 0.309 e. The lowest BCUT2D eigenvalue weighted by Gasteiger charge is -2.17. The summed E-state index contributed by atoms with van der Waals surface area (Å²) in [6.45, 7) is 2.05. The Morgan fingerprint density at radius 1 is 1.05 bits per heavy atom. The SMILES string of the molecule is CCc1nc2ccc(-c3ccc(CC(=O)OC)cc3)cn2c1N(C)c1nc(-c2ccc(F)cc2)c(C#N)s1. The molecule has 0 aliphatic heterocycles. The van der Waals surface area contributed by atoms with Crippen molar-refractivity contribution in [3.05, 3.63) is 88.8 Å². The zero-order valence-corrected chi connectivity index (χ0v) is 21.9. The number of rotatable bonds is 7. The van der Waals surface area contributed by atoms with Gasteiger partial charge in [-0.05, 0) is 59.5 Å². The molecule has 38 heavy (non-hydrogen) atoms. The molecule has 3 aromatic heterocycles. The molecule has 5 aromatic rings. The lowest BCUT2D eigenvalue weighted by Crippen LogP contribution is -2.13. The van der Waals surface area contributed by atoms with E-state index in [4.69, 9.17) is 14.7 Å². The number of hydrogen-bond acceptors (Lipinski definition) is 7. The molecule has 0 unspecified atom stereocenters. The molecule has 3 heterocycles. The number of methoxy groups -OCH3 is 1. The largest absolute Gasteiger partial charge is 0.469 e. The average molecular weight is 526 g/mol. The summed E-state index contributed by atoms with van der Waals surface area (Å²) >= 11 is 1.28. The van der Waals surface area contributed by atoms with Gasteiger partial charge in [-0.3, -0.25) is 9.20 Å². The third-order valence-corrected chi connectivity index (χ3v) is 7.34. The Balaban J connectivity index is 1.54. The second-order valence-electron chi connectivity index (χ2n) is 8.68. The highest BCUT2D eigenvalue weighted by molar-refractivity contribution is 7.16. The summed E-state index contributed by atoms with van der Waals surface area (Å²) < 4.78 is 20.2. The highest BCUT2D eigenvalue weighted by atomic mass is 32.1. The van der Waals surface area contributed by atoms with E-state index >= 15 is 0 Å². The van der Waals surface area contributed by atoms with Crippen LogP contribution in [0.4, 0.5) is 15.3 Å². The summed E-state index contributed by atoms with van der Waals surface area (Å²) in [5.74, 6) is 0.240. The molecular weight excluding hydrogens is 501 g/mol. The number of anilines is 2. The van der Waals surface area contributed by atoms with Crippen molar-refractivity contribution >= 4 is 33.9 Å². The minimum Gasteiger partial charge on any atom is -0.469 e. The number of thiazole rings is 1. The number of halogens is 1. The maximum atomic E-state index is 13.5. The minimum absolute atomic E-state index is 0.227. The Morgan fingerprint density at radius 2 is 1.74 bits per heavy atom. The Morgan fingerprint density at radius 3 is 2.39 bits per heavy atom. The number of nitriles is 1. The first-order valence-corrected chi connectivity index (χ1v) is 12.8. The molecule has 0 radical (unpaired) electrons. The second-order valence-corrected chi connectivity index (χ2v) is 9.66. The molecule has 7 nitrogen and oxygen atoms in total. The molecule has 0 saturated heterocycles. The van der Waals surface area contributed by atoms with Gasteiger partial charge in [0.1, 0.15) is 33.9 Å². The monoisotopic (exact) mass is 525 g/mol. The number of nitrogens with zero attached hydrogens (tertiary/aromatic N) is 5. The number of imidazole rings is 1. The molecule has 0 bridgehead atoms. The van der Waals surface area contributed by atoms with Gasteiger partial charge in [-0.15, -0.1) is 0 Å². The van der Waals surface area contributed by atoms with Gasteiger partial charge in [0.15, 0.2) is 5.13 Å². The molecule has 0 spiro atoms. The molecule has 0 N–H and O–H groups in total. The van der Waals surface area contributed by atoms with Gasteiger partial charge in [-0.25, -0.2) is 14.4 Å². The zero-order chi connectivity index (χ0) is 26.8. The van der Waals surface area contributed by atoms with Crippen LogP contribution in [-0.4, -0.2) is 34.5 Å². The lowest BCUT2D eigenvalue weighted by molar-refractivity contribution is -0.139. The van der Waals surface area contributed by atoms with Crippen molar-refractivity contribution in [3.8, 4) is 28.5 Å². The average Bonchev–Trinajstić information content (AvgIpc) is 3.54. The van der Waals surface area contributed by atoms with Crippen LogP contribution >= 0.6 is 11.3 Å². The molecule has 0 atom stereocenters. The van der Waals surface area contributed by atoms with Crippen LogP contribution in [0.5, 0.6) is 0 Å². The Kier molecular flexibility index (Phi) is 6.90. The van der Waals surface area contributed by atoms with E-state index in [1.54, 1.807) is 12.1 Å². The highest BCUT2D eigenvalue weighted by Gasteiger charge is 2.22. The summed E-state index contributed by atoms with van der Waals surface area (Å²) in [6.07, 6.45) is 2.97. The molecule has 2 aromatic carbocycles. The van der Waals surface area contributed by atoms with E-state index in [-0.39, 0.29) is 18.2 Å². The van der Waals surface area contributed by atoms with Crippen molar-refractivity contribution < 1.29 is 13.9 Å². The van der Waals surface area contributed by atoms with Crippen LogP contribution in [0.15, 0.2) is 66.9 Å². The first-order chi connectivity index (χ1) is 18.4. The van der Waals surface area contributed by atoms with Crippen molar-refractivity contribution in [2.75, 3.05) is 19.1 Å². The van der Waals surface area contributed by atoms with E-state index in [2.05, 4.69) is 6.07 Å². The lowest BCUT2D eigenvalue weighted by atomic mass is 10.0. The summed E-state index contributed by atoms with van der Waals surface area (Å²) in [4.78, 5) is 23.6. The first-order valence-electron chi connectivity index (χ1n) is 12.0. The molecule has 5 rings (SSSR count). The van der Waals surface area contributed by atoms with Crippen LogP contribution in [0.2, 0.25) is 0 Å². The third-order valence-electron chi connectivity index (χ3n) is 6.30. The number of ether oxygens (including phenoxy) is 1. The summed E-state index contributed by atoms with van der Waals surface area (Å²) in [5.41, 5.74) is 5.78. The van der Waals surface area contributed by atoms with Crippen molar-refractivity contribution in [1.82, 2.24) is 14.4 Å². The number of aromatic nitrogens is 3. The molecule has 0 aliphatic rings. The van der Waals surface area contributed by atoms with Crippen LogP contribution in [0.3, 0.4) is 0 Å². The van der Waals surface area contributed by atoms with Gasteiger partial charge >= 0.3 is 5.97 Å². The van der Waals surface area contributed by atoms with E-state index in [1.807, 2.05) is 65.9 Å². The fourth-order valence-corrected chi connectivity index (χ4v) is 5.17. The van der Waals surface area contributed by atoms with Crippen LogP contribution in [0, 0.1) is 17.1 Å². The van der Waals surface area contributed by atoms with Gasteiger partial charge in [0.2, 0.25) is 0 Å². The molecular formula is C29H24FN5O2S. The Bertz CT molecular complexity index is 1670. The van der Waals surface area contributed by atoms with Crippen LogP contribution < -0.4 is 4.90 Å². The van der Waals surface area contributed by atoms with Crippen LogP contribution in [-0.2, 0) is 22.4 Å². The molecule has 0 aliphatic carbocycles. The predicted octanol–water partition coefficient (Wildman–Crippen LogP) is 6.18. The molecule has 0 saturated carbocycles. The second kappa shape index (κ2) is 10.4. The standard InChI is InChI=1S/C29H24FN5O2S/c1-4-23-28(34(2)29-33-27(24(16-31)38-29)20-9-12-22(30)13-10-20)35-17-21(11-14-25(35)32-23)19-7-5-18(6-8-19)15-26(36)37-3/h5-14,17H,4,15H2,1-3H3. The van der Waals surface area contributed by atoms with Gasteiger partial charge in [0, 0.05) is 18.8 Å². The van der Waals surface area contributed by atoms with E-state index in [1.165, 1.54) is 30.6 Å². The number of esters is 1. The fraction of sp³-hybridized carbons (Fsp3) is 0.172. The van der Waals surface area contributed by atoms with Gasteiger partial charge in [-0.1, -0.05) is 42.5 Å². The Hall–Kier alpha value is -4.55. The van der Waals surface area contributed by atoms with Crippen molar-refractivity contribution in [2.24, 2.45) is 0 Å². The number of benzene rings is 2. The minimum atomic E-state index is -0.341. The van der Waals surface area contributed by atoms with Gasteiger partial charge in [0.05, 0.1) is 19.2 Å². The predicted molar refractivity (Wildman–Crippen MR) is 146 cm³/mol. The summed E-state index contributed by atoms with van der Waals surface area (Å²) in [7, 11) is 3.29. The van der Waals surface area contributed by atoms with Crippen LogP contribution in [0.25, 0.3) is 28.0 Å². The van der Waals surface area contributed by atoms with E-state index in [9.17, 15) is 14.4 Å². The normalized spacial score (nSPS) is 10.9. The van der Waals surface area contributed by atoms with Crippen molar-refractivity contribution in [3.63, 3.8) is 0 Å². The number of pyridine rings is 1. The third kappa shape index (κ3) is 4.74. The quantitative estimate of drug-likeness (QED) is 0.236. The topological polar surface area (TPSA) is 83.5 Å². The first kappa shape index (κ1) is 25.1. The van der Waals surface area contributed by atoms with Gasteiger partial charge < -0.3 is 9.64 Å². The number of carbonyl (C=O) groups excluding carboxylic acids is 1. The van der Waals surface area contributed by atoms with E-state index in [0.717, 1.165) is 33.8 Å². The van der Waals surface area contributed by atoms with E-state index < -0.39 is 0 Å². The number of aryl methyl sites for hydroxylation is 1. The fourth-order valence-electron chi connectivity index (χ4n) is 4.32. The number of fused-ring (bicyclic) bond motifs is 1. The summed E-state index contributed by atoms with van der Waals surface area (Å²) in [6, 6.07) is 20.0. The molecule has 0 fully saturated rings. The van der Waals surface area contributed by atoms with Crippen molar-refractivity contribution in [1.29, 1.82) is 5.26 Å². The highest BCUT2D eigenvalue weighted by Crippen LogP contribution is 2.37. The number of hydrogen-bond donors (Lipinski definition) is 0. The van der Waals surface area contributed by atoms with Crippen LogP contribution in [0.1, 0.15) is 23.1 Å².